The molecule has 6 nitrogen and oxygen atoms in total. The number of aryl methyl sites for hydroxylation is 4. The Bertz CT molecular complexity index is 1730. The van der Waals surface area contributed by atoms with Crippen LogP contribution in [0.2, 0.25) is 0 Å². The third-order valence-electron chi connectivity index (χ3n) is 7.97. The van der Waals surface area contributed by atoms with E-state index in [1.54, 1.807) is 26.0 Å². The van der Waals surface area contributed by atoms with Gasteiger partial charge in [0, 0.05) is 22.3 Å². The number of esters is 1. The third kappa shape index (κ3) is 9.55. The smallest absolute Gasteiger partial charge is 0.417 e. The van der Waals surface area contributed by atoms with Crippen molar-refractivity contribution in [2.75, 3.05) is 6.61 Å². The van der Waals surface area contributed by atoms with E-state index in [1.807, 2.05) is 26.0 Å². The molecule has 0 spiro atoms. The maximum atomic E-state index is 16.0. The molecule has 0 bridgehead atoms. The molecule has 1 aromatic heterocycles. The summed E-state index contributed by atoms with van der Waals surface area (Å²) in [5, 5.41) is 2.70. The number of ether oxygens (including phenoxy) is 1. The molecule has 1 heterocycles. The number of rotatable bonds is 15. The Balaban J connectivity index is 2.14. The van der Waals surface area contributed by atoms with Crippen LogP contribution in [0.5, 0.6) is 0 Å². The minimum atomic E-state index is -4.81. The molecule has 2 aromatic carbocycles. The highest BCUT2D eigenvalue weighted by Gasteiger charge is 2.35. The number of pyridine rings is 1. The fourth-order valence-electron chi connectivity index (χ4n) is 5.85. The van der Waals surface area contributed by atoms with E-state index in [0.717, 1.165) is 58.7 Å². The van der Waals surface area contributed by atoms with Crippen molar-refractivity contribution < 1.29 is 31.9 Å². The summed E-state index contributed by atoms with van der Waals surface area (Å²) in [4.78, 5) is 39.5. The van der Waals surface area contributed by atoms with Crippen LogP contribution >= 0.6 is 15.9 Å². The lowest BCUT2D eigenvalue weighted by Crippen LogP contribution is -2.40. The number of hydrogen-bond acceptors (Lipinski definition) is 4. The Kier molecular flexibility index (Phi) is 13.5. The van der Waals surface area contributed by atoms with Gasteiger partial charge in [0.1, 0.15) is 11.9 Å². The van der Waals surface area contributed by atoms with Gasteiger partial charge in [-0.25, -0.2) is 4.39 Å². The molecule has 0 unspecified atom stereocenters. The van der Waals surface area contributed by atoms with Crippen LogP contribution in [0.3, 0.4) is 0 Å². The predicted molar refractivity (Wildman–Crippen MR) is 183 cm³/mol. The standard InChI is InChI=1S/C37H41BrF4N2O4/c1-7-10-11-12-14-25-16-22(4)15-23(5)34(25)26-17-24(6)35(39)27(18-26)30(20-33(46)48-9-3)43-36(47)31(13-8-2)44-21-29(38)28(19-32(44)45)37(40,41)42/h7-8,15-19,21,30-31H,1-2,9-14,20H2,3-6H3,(H,43,47)/t30-,31-/m0/s1. The zero-order valence-corrected chi connectivity index (χ0v) is 29.2. The number of carbonyl (C=O) groups is 2. The number of amides is 1. The van der Waals surface area contributed by atoms with Crippen LogP contribution in [0, 0.1) is 26.6 Å². The maximum Gasteiger partial charge on any atom is 0.417 e. The fraction of sp³-hybridized carbons (Fsp3) is 0.378. The number of unbranched alkanes of at least 4 members (excludes halogenated alkanes) is 2. The van der Waals surface area contributed by atoms with E-state index in [9.17, 15) is 27.6 Å². The molecule has 0 radical (unpaired) electrons. The largest absolute Gasteiger partial charge is 0.466 e. The van der Waals surface area contributed by atoms with Crippen molar-refractivity contribution in [1.29, 1.82) is 0 Å². The van der Waals surface area contributed by atoms with Crippen LogP contribution in [0.25, 0.3) is 11.1 Å². The first-order valence-corrected chi connectivity index (χ1v) is 16.5. The van der Waals surface area contributed by atoms with Crippen LogP contribution in [0.1, 0.15) is 84.5 Å². The normalized spacial score (nSPS) is 12.7. The third-order valence-corrected chi connectivity index (χ3v) is 8.60. The van der Waals surface area contributed by atoms with Gasteiger partial charge >= 0.3 is 12.1 Å². The van der Waals surface area contributed by atoms with Crippen molar-refractivity contribution >= 4 is 27.8 Å². The Morgan fingerprint density at radius 3 is 2.38 bits per heavy atom. The molecule has 1 N–H and O–H groups in total. The number of carbonyl (C=O) groups excluding carboxylic acids is 2. The van der Waals surface area contributed by atoms with E-state index < -0.39 is 58.0 Å². The summed E-state index contributed by atoms with van der Waals surface area (Å²) in [6.45, 7) is 14.7. The molecule has 3 aromatic rings. The molecule has 1 amide bonds. The van der Waals surface area contributed by atoms with Gasteiger partial charge in [-0.15, -0.1) is 13.2 Å². The van der Waals surface area contributed by atoms with E-state index in [4.69, 9.17) is 4.74 Å². The van der Waals surface area contributed by atoms with Gasteiger partial charge in [0.05, 0.1) is 24.6 Å². The summed E-state index contributed by atoms with van der Waals surface area (Å²) in [6.07, 6.45) is 2.26. The first kappa shape index (κ1) is 38.5. The molecule has 258 valence electrons. The second-order valence-electron chi connectivity index (χ2n) is 11.7. The van der Waals surface area contributed by atoms with Gasteiger partial charge in [0.25, 0.3) is 5.56 Å². The van der Waals surface area contributed by atoms with Crippen molar-refractivity contribution in [1.82, 2.24) is 9.88 Å². The number of hydrogen-bond donors (Lipinski definition) is 1. The van der Waals surface area contributed by atoms with Crippen LogP contribution in [-0.2, 0) is 26.9 Å². The summed E-state index contributed by atoms with van der Waals surface area (Å²) in [6, 6.07) is 5.29. The quantitative estimate of drug-likeness (QED) is 0.0732. The second kappa shape index (κ2) is 16.9. The number of aromatic nitrogens is 1. The van der Waals surface area contributed by atoms with Crippen molar-refractivity contribution in [3.63, 3.8) is 0 Å². The van der Waals surface area contributed by atoms with E-state index in [1.165, 1.54) is 6.08 Å². The highest BCUT2D eigenvalue weighted by molar-refractivity contribution is 9.10. The van der Waals surface area contributed by atoms with E-state index in [-0.39, 0.29) is 24.2 Å². The minimum absolute atomic E-state index is 0.0299. The number of allylic oxidation sites excluding steroid dienone is 2. The highest BCUT2D eigenvalue weighted by Crippen LogP contribution is 2.36. The molecule has 0 aliphatic carbocycles. The second-order valence-corrected chi connectivity index (χ2v) is 12.6. The van der Waals surface area contributed by atoms with Crippen molar-refractivity contribution in [3.8, 4) is 11.1 Å². The van der Waals surface area contributed by atoms with Crippen molar-refractivity contribution in [2.45, 2.75) is 84.5 Å². The molecular formula is C37H41BrF4N2O4. The molecule has 3 rings (SSSR count). The number of benzene rings is 2. The molecular weight excluding hydrogens is 692 g/mol. The Labute approximate surface area is 287 Å². The Morgan fingerprint density at radius 1 is 1.04 bits per heavy atom. The lowest BCUT2D eigenvalue weighted by molar-refractivity contribution is -0.144. The maximum absolute atomic E-state index is 16.0. The molecule has 11 heteroatoms. The summed E-state index contributed by atoms with van der Waals surface area (Å²) in [5.74, 6) is -2.16. The van der Waals surface area contributed by atoms with Crippen molar-refractivity contribution in [2.24, 2.45) is 0 Å². The number of nitrogens with zero attached hydrogens (tertiary/aromatic N) is 1. The Morgan fingerprint density at radius 2 is 1.75 bits per heavy atom. The molecule has 0 aliphatic rings. The van der Waals surface area contributed by atoms with Gasteiger partial charge in [-0.2, -0.15) is 13.2 Å². The molecule has 2 atom stereocenters. The predicted octanol–water partition coefficient (Wildman–Crippen LogP) is 9.19. The van der Waals surface area contributed by atoms with E-state index in [0.29, 0.717) is 11.6 Å². The van der Waals surface area contributed by atoms with Crippen molar-refractivity contribution in [3.05, 3.63) is 116 Å². The van der Waals surface area contributed by atoms with Gasteiger partial charge in [-0.05, 0) is 116 Å². The molecule has 0 fully saturated rings. The SMILES string of the molecule is C=CCCCCc1cc(C)cc(C)c1-c1cc(C)c(F)c([C@H](CC(=O)OCC)NC(=O)[C@H](CC=C)n2cc(Br)c(C(F)(F)F)cc2=O)c1. The monoisotopic (exact) mass is 732 g/mol. The zero-order chi connectivity index (χ0) is 35.8. The zero-order valence-electron chi connectivity index (χ0n) is 27.6. The van der Waals surface area contributed by atoms with Gasteiger partial charge in [0.2, 0.25) is 5.91 Å². The number of halogens is 5. The average Bonchev–Trinajstić information content (AvgIpc) is 2.99. The van der Waals surface area contributed by atoms with Gasteiger partial charge in [0.15, 0.2) is 0 Å². The highest BCUT2D eigenvalue weighted by atomic mass is 79.9. The molecule has 0 saturated heterocycles. The summed E-state index contributed by atoms with van der Waals surface area (Å²) < 4.78 is 61.9. The van der Waals surface area contributed by atoms with Crippen LogP contribution < -0.4 is 10.9 Å². The molecule has 0 aliphatic heterocycles. The Hall–Kier alpha value is -3.99. The van der Waals surface area contributed by atoms with Crippen LogP contribution in [-0.4, -0.2) is 23.1 Å². The first-order chi connectivity index (χ1) is 22.6. The lowest BCUT2D eigenvalue weighted by Gasteiger charge is -2.25. The van der Waals surface area contributed by atoms with Gasteiger partial charge in [-0.3, -0.25) is 14.4 Å². The van der Waals surface area contributed by atoms with E-state index >= 15 is 4.39 Å². The first-order valence-electron chi connectivity index (χ1n) is 15.7. The average molecular weight is 734 g/mol. The molecule has 48 heavy (non-hydrogen) atoms. The van der Waals surface area contributed by atoms with Gasteiger partial charge in [-0.1, -0.05) is 29.8 Å². The topological polar surface area (TPSA) is 77.4 Å². The van der Waals surface area contributed by atoms with Crippen LogP contribution in [0.15, 0.2) is 71.1 Å². The number of alkyl halides is 3. The summed E-state index contributed by atoms with van der Waals surface area (Å²) in [7, 11) is 0. The minimum Gasteiger partial charge on any atom is -0.466 e. The fourth-order valence-corrected chi connectivity index (χ4v) is 6.41. The molecule has 0 saturated carbocycles. The summed E-state index contributed by atoms with van der Waals surface area (Å²) >= 11 is 2.86. The van der Waals surface area contributed by atoms with Gasteiger partial charge < -0.3 is 14.6 Å². The lowest BCUT2D eigenvalue weighted by atomic mass is 9.87. The number of nitrogens with one attached hydrogen (secondary N) is 1. The van der Waals surface area contributed by atoms with E-state index in [2.05, 4.69) is 40.5 Å². The summed E-state index contributed by atoms with van der Waals surface area (Å²) in [5.41, 5.74) is 2.82. The van der Waals surface area contributed by atoms with Crippen LogP contribution in [0.4, 0.5) is 17.6 Å².